The molecule has 1 aliphatic carbocycles. The van der Waals surface area contributed by atoms with Gasteiger partial charge in [0.25, 0.3) is 0 Å². The van der Waals surface area contributed by atoms with Crippen molar-refractivity contribution < 1.29 is 5.11 Å². The Morgan fingerprint density at radius 2 is 1.90 bits per heavy atom. The fraction of sp³-hybridized carbons (Fsp3) is 1.00. The molecule has 1 heteroatoms. The summed E-state index contributed by atoms with van der Waals surface area (Å²) in [6, 6.07) is 0. The Balaban J connectivity index is 2.45. The number of hydrogen-bond acceptors (Lipinski definition) is 1. The molecule has 1 rings (SSSR count). The molecule has 1 atom stereocenters. The first-order chi connectivity index (χ1) is 4.67. The van der Waals surface area contributed by atoms with E-state index in [9.17, 15) is 5.11 Å². The van der Waals surface area contributed by atoms with Gasteiger partial charge in [0.1, 0.15) is 0 Å². The monoisotopic (exact) mass is 142 g/mol. The number of aliphatic hydroxyl groups is 1. The van der Waals surface area contributed by atoms with Crippen LogP contribution >= 0.6 is 0 Å². The first kappa shape index (κ1) is 8.06. The molecule has 0 aromatic heterocycles. The Hall–Kier alpha value is -0.0400. The van der Waals surface area contributed by atoms with E-state index in [1.807, 2.05) is 6.92 Å². The van der Waals surface area contributed by atoms with Gasteiger partial charge in [-0.3, -0.25) is 0 Å². The smallest absolute Gasteiger partial charge is 0.0645 e. The van der Waals surface area contributed by atoms with E-state index in [1.165, 1.54) is 25.7 Å². The zero-order valence-corrected chi connectivity index (χ0v) is 7.06. The van der Waals surface area contributed by atoms with E-state index in [0.29, 0.717) is 5.92 Å². The van der Waals surface area contributed by atoms with Crippen LogP contribution in [0.1, 0.15) is 46.0 Å². The second-order valence-corrected chi connectivity index (χ2v) is 3.69. The van der Waals surface area contributed by atoms with Gasteiger partial charge in [0.2, 0.25) is 0 Å². The predicted molar refractivity (Wildman–Crippen MR) is 42.9 cm³/mol. The highest BCUT2D eigenvalue weighted by molar-refractivity contribution is 4.83. The minimum Gasteiger partial charge on any atom is -0.390 e. The predicted octanol–water partition coefficient (Wildman–Crippen LogP) is 2.34. The van der Waals surface area contributed by atoms with Crippen LogP contribution < -0.4 is 0 Å². The van der Waals surface area contributed by atoms with Gasteiger partial charge >= 0.3 is 0 Å². The van der Waals surface area contributed by atoms with Gasteiger partial charge in [-0.25, -0.2) is 0 Å². The maximum Gasteiger partial charge on any atom is 0.0645 e. The lowest BCUT2D eigenvalue weighted by molar-refractivity contribution is -0.00190. The highest BCUT2D eigenvalue weighted by Crippen LogP contribution is 2.35. The van der Waals surface area contributed by atoms with E-state index < -0.39 is 0 Å². The van der Waals surface area contributed by atoms with Crippen LogP contribution in [0.2, 0.25) is 0 Å². The van der Waals surface area contributed by atoms with E-state index in [4.69, 9.17) is 0 Å². The van der Waals surface area contributed by atoms with Gasteiger partial charge in [-0.1, -0.05) is 19.8 Å². The van der Waals surface area contributed by atoms with E-state index in [-0.39, 0.29) is 5.60 Å². The molecular formula is C9H18O. The quantitative estimate of drug-likeness (QED) is 0.627. The molecule has 0 saturated heterocycles. The summed E-state index contributed by atoms with van der Waals surface area (Å²) in [4.78, 5) is 0. The Morgan fingerprint density at radius 1 is 1.40 bits per heavy atom. The minimum atomic E-state index is -0.378. The summed E-state index contributed by atoms with van der Waals surface area (Å²) in [5.41, 5.74) is -0.378. The normalized spacial score (nSPS) is 26.7. The third kappa shape index (κ3) is 1.51. The fourth-order valence-electron chi connectivity index (χ4n) is 1.84. The minimum absolute atomic E-state index is 0.378. The first-order valence-corrected chi connectivity index (χ1v) is 4.39. The maximum atomic E-state index is 9.82. The van der Waals surface area contributed by atoms with E-state index in [1.54, 1.807) is 0 Å². The summed E-state index contributed by atoms with van der Waals surface area (Å²) in [7, 11) is 0. The lowest BCUT2D eigenvalue weighted by Gasteiger charge is -2.28. The molecule has 1 unspecified atom stereocenters. The van der Waals surface area contributed by atoms with E-state index >= 15 is 0 Å². The topological polar surface area (TPSA) is 20.2 Å². The Labute approximate surface area is 63.4 Å². The Kier molecular flexibility index (Phi) is 2.35. The summed E-state index contributed by atoms with van der Waals surface area (Å²) in [6.45, 7) is 4.04. The van der Waals surface area contributed by atoms with E-state index in [2.05, 4.69) is 6.92 Å². The van der Waals surface area contributed by atoms with Crippen LogP contribution in [-0.4, -0.2) is 10.7 Å². The summed E-state index contributed by atoms with van der Waals surface area (Å²) >= 11 is 0. The van der Waals surface area contributed by atoms with Crippen molar-refractivity contribution in [2.24, 2.45) is 5.92 Å². The van der Waals surface area contributed by atoms with Gasteiger partial charge in [-0.15, -0.1) is 0 Å². The first-order valence-electron chi connectivity index (χ1n) is 4.39. The third-order valence-corrected chi connectivity index (χ3v) is 2.95. The molecule has 0 radical (unpaired) electrons. The molecule has 60 valence electrons. The number of rotatable bonds is 2. The van der Waals surface area contributed by atoms with Crippen LogP contribution in [0.3, 0.4) is 0 Å². The second-order valence-electron chi connectivity index (χ2n) is 3.69. The third-order valence-electron chi connectivity index (χ3n) is 2.95. The summed E-state index contributed by atoms with van der Waals surface area (Å²) in [5.74, 6) is 0.581. The highest BCUT2D eigenvalue weighted by atomic mass is 16.3. The molecule has 1 fully saturated rings. The summed E-state index contributed by atoms with van der Waals surface area (Å²) in [6.07, 6.45) is 6.01. The standard InChI is InChI=1S/C9H18O/c1-3-9(2,10)8-6-4-5-7-8/h8,10H,3-7H2,1-2H3. The van der Waals surface area contributed by atoms with Gasteiger partial charge < -0.3 is 5.11 Å². The molecule has 1 saturated carbocycles. The number of hydrogen-bond donors (Lipinski definition) is 1. The molecule has 0 heterocycles. The molecule has 0 aromatic carbocycles. The van der Waals surface area contributed by atoms with Crippen LogP contribution in [0.5, 0.6) is 0 Å². The summed E-state index contributed by atoms with van der Waals surface area (Å²) < 4.78 is 0. The Morgan fingerprint density at radius 3 is 2.30 bits per heavy atom. The SMILES string of the molecule is CCC(C)(O)C1CCCC1. The Bertz CT molecular complexity index is 101. The summed E-state index contributed by atoms with van der Waals surface area (Å²) in [5, 5.41) is 9.82. The van der Waals surface area contributed by atoms with Gasteiger partial charge in [-0.05, 0) is 32.1 Å². The second kappa shape index (κ2) is 2.91. The van der Waals surface area contributed by atoms with E-state index in [0.717, 1.165) is 6.42 Å². The van der Waals surface area contributed by atoms with Crippen LogP contribution in [-0.2, 0) is 0 Å². The fourth-order valence-corrected chi connectivity index (χ4v) is 1.84. The average Bonchev–Trinajstić information content (AvgIpc) is 2.38. The molecule has 1 N–H and O–H groups in total. The van der Waals surface area contributed by atoms with Crippen molar-refractivity contribution in [2.45, 2.75) is 51.6 Å². The van der Waals surface area contributed by atoms with Gasteiger partial charge in [0.05, 0.1) is 5.60 Å². The van der Waals surface area contributed by atoms with Crippen molar-refractivity contribution in [3.05, 3.63) is 0 Å². The van der Waals surface area contributed by atoms with Crippen molar-refractivity contribution in [2.75, 3.05) is 0 Å². The molecule has 0 aromatic rings. The zero-order valence-electron chi connectivity index (χ0n) is 7.06. The van der Waals surface area contributed by atoms with Crippen LogP contribution in [0.25, 0.3) is 0 Å². The molecule has 0 bridgehead atoms. The molecule has 10 heavy (non-hydrogen) atoms. The largest absolute Gasteiger partial charge is 0.390 e. The molecule has 0 spiro atoms. The van der Waals surface area contributed by atoms with Gasteiger partial charge in [0.15, 0.2) is 0 Å². The van der Waals surface area contributed by atoms with Crippen LogP contribution in [0.4, 0.5) is 0 Å². The van der Waals surface area contributed by atoms with Crippen molar-refractivity contribution >= 4 is 0 Å². The maximum absolute atomic E-state index is 9.82. The molecular weight excluding hydrogens is 124 g/mol. The zero-order chi connectivity index (χ0) is 7.61. The van der Waals surface area contributed by atoms with Crippen molar-refractivity contribution in [3.63, 3.8) is 0 Å². The molecule has 1 aliphatic rings. The van der Waals surface area contributed by atoms with Crippen molar-refractivity contribution in [1.82, 2.24) is 0 Å². The highest BCUT2D eigenvalue weighted by Gasteiger charge is 2.31. The van der Waals surface area contributed by atoms with Gasteiger partial charge in [-0.2, -0.15) is 0 Å². The van der Waals surface area contributed by atoms with Crippen LogP contribution in [0.15, 0.2) is 0 Å². The molecule has 0 amide bonds. The average molecular weight is 142 g/mol. The lowest BCUT2D eigenvalue weighted by Crippen LogP contribution is -2.31. The van der Waals surface area contributed by atoms with Gasteiger partial charge in [0, 0.05) is 0 Å². The van der Waals surface area contributed by atoms with Crippen molar-refractivity contribution in [1.29, 1.82) is 0 Å². The molecule has 1 nitrogen and oxygen atoms in total. The van der Waals surface area contributed by atoms with Crippen LogP contribution in [0, 0.1) is 5.92 Å². The lowest BCUT2D eigenvalue weighted by atomic mass is 9.86. The molecule has 0 aliphatic heterocycles. The van der Waals surface area contributed by atoms with Crippen molar-refractivity contribution in [3.8, 4) is 0 Å².